The van der Waals surface area contributed by atoms with Gasteiger partial charge < -0.3 is 15.0 Å². The molecule has 222 valence electrons. The van der Waals surface area contributed by atoms with Gasteiger partial charge in [0.1, 0.15) is 23.6 Å². The number of anilines is 2. The zero-order valence-corrected chi connectivity index (χ0v) is 24.7. The Morgan fingerprint density at radius 1 is 1.12 bits per heavy atom. The predicted octanol–water partition coefficient (Wildman–Crippen LogP) is 5.58. The molecule has 0 amide bonds. The van der Waals surface area contributed by atoms with E-state index >= 15 is 0 Å². The molecule has 4 aliphatic rings. The Labute approximate surface area is 244 Å². The fraction of sp³-hybridized carbons (Fsp3) is 0.467. The number of sulfone groups is 1. The number of rotatable bonds is 6. The van der Waals surface area contributed by atoms with Crippen molar-refractivity contribution in [3.63, 3.8) is 0 Å². The van der Waals surface area contributed by atoms with E-state index < -0.39 is 15.7 Å². The minimum atomic E-state index is -3.50. The molecular weight excluding hydrogens is 559 g/mol. The van der Waals surface area contributed by atoms with E-state index in [0.717, 1.165) is 55.0 Å². The van der Waals surface area contributed by atoms with Gasteiger partial charge in [0.2, 0.25) is 0 Å². The summed E-state index contributed by atoms with van der Waals surface area (Å²) in [6, 6.07) is 5.50. The van der Waals surface area contributed by atoms with Crippen LogP contribution in [0.15, 0.2) is 54.1 Å². The molecule has 10 nitrogen and oxygen atoms in total. The van der Waals surface area contributed by atoms with Crippen LogP contribution in [0.1, 0.15) is 52.4 Å². The first kappa shape index (κ1) is 28.3. The Morgan fingerprint density at radius 2 is 1.81 bits per heavy atom. The van der Waals surface area contributed by atoms with Crippen molar-refractivity contribution >= 4 is 38.3 Å². The van der Waals surface area contributed by atoms with Gasteiger partial charge in [-0.1, -0.05) is 0 Å². The third kappa shape index (κ3) is 5.51. The van der Waals surface area contributed by atoms with Crippen LogP contribution in [0, 0.1) is 29.0 Å². The van der Waals surface area contributed by atoms with Gasteiger partial charge in [0.25, 0.3) is 0 Å². The topological polar surface area (TPSA) is 132 Å². The summed E-state index contributed by atoms with van der Waals surface area (Å²) in [5.74, 6) is 2.40. The first-order chi connectivity index (χ1) is 20.0. The summed E-state index contributed by atoms with van der Waals surface area (Å²) in [4.78, 5) is 23.5. The van der Waals surface area contributed by atoms with Gasteiger partial charge in [0.05, 0.1) is 33.7 Å². The third-order valence-corrected chi connectivity index (χ3v) is 9.73. The van der Waals surface area contributed by atoms with Gasteiger partial charge in [0, 0.05) is 18.6 Å². The monoisotopic (exact) mass is 594 g/mol. The quantitative estimate of drug-likeness (QED) is 0.277. The Hall–Kier alpha value is -3.80. The molecule has 3 heterocycles. The van der Waals surface area contributed by atoms with Crippen LogP contribution in [0.2, 0.25) is 0 Å². The number of esters is 1. The van der Waals surface area contributed by atoms with Crippen molar-refractivity contribution in [2.75, 3.05) is 11.6 Å². The number of hydrogen-bond acceptors (Lipinski definition) is 8. The van der Waals surface area contributed by atoms with Gasteiger partial charge in [-0.2, -0.15) is 5.10 Å². The Kier molecular flexibility index (Phi) is 7.28. The van der Waals surface area contributed by atoms with Crippen LogP contribution in [0.5, 0.6) is 0 Å². The van der Waals surface area contributed by atoms with Crippen molar-refractivity contribution in [1.82, 2.24) is 24.7 Å². The second-order valence-electron chi connectivity index (χ2n) is 12.3. The molecule has 0 unspecified atom stereocenters. The number of aromatic amines is 1. The van der Waals surface area contributed by atoms with E-state index in [1.54, 1.807) is 12.4 Å². The van der Waals surface area contributed by atoms with Crippen molar-refractivity contribution in [2.24, 2.45) is 23.2 Å². The molecule has 4 saturated carbocycles. The lowest BCUT2D eigenvalue weighted by Crippen LogP contribution is -2.50. The van der Waals surface area contributed by atoms with Crippen LogP contribution in [0.3, 0.4) is 0 Å². The minimum Gasteiger partial charge on any atom is -0.463 e. The average molecular weight is 595 g/mol. The van der Waals surface area contributed by atoms with Gasteiger partial charge in [-0.3, -0.25) is 4.79 Å². The molecule has 0 saturated heterocycles. The number of fused-ring (bicyclic) bond motifs is 1. The lowest BCUT2D eigenvalue weighted by molar-refractivity contribution is -0.175. The van der Waals surface area contributed by atoms with E-state index in [-0.39, 0.29) is 28.1 Å². The molecule has 0 radical (unpaired) electrons. The molecule has 4 bridgehead atoms. The van der Waals surface area contributed by atoms with Crippen molar-refractivity contribution in [3.8, 4) is 5.69 Å². The molecule has 3 aromatic heterocycles. The van der Waals surface area contributed by atoms with E-state index in [0.29, 0.717) is 16.9 Å². The summed E-state index contributed by atoms with van der Waals surface area (Å²) in [5, 5.41) is 7.91. The molecular formula is C30H35FN6O4S. The van der Waals surface area contributed by atoms with E-state index in [2.05, 4.69) is 25.4 Å². The second-order valence-corrected chi connectivity index (χ2v) is 14.3. The van der Waals surface area contributed by atoms with E-state index in [1.165, 1.54) is 48.6 Å². The van der Waals surface area contributed by atoms with Crippen LogP contribution in [0.25, 0.3) is 16.7 Å². The first-order valence-corrected chi connectivity index (χ1v) is 16.2. The molecule has 0 atom stereocenters. The predicted molar refractivity (Wildman–Crippen MR) is 156 cm³/mol. The van der Waals surface area contributed by atoms with Crippen LogP contribution in [-0.2, 0) is 19.4 Å². The van der Waals surface area contributed by atoms with Gasteiger partial charge in [-0.15, -0.1) is 0 Å². The fourth-order valence-corrected chi connectivity index (χ4v) is 7.88. The highest BCUT2D eigenvalue weighted by Crippen LogP contribution is 2.60. The van der Waals surface area contributed by atoms with Gasteiger partial charge >= 0.3 is 5.97 Å². The first-order valence-electron chi connectivity index (χ1n) is 14.3. The van der Waals surface area contributed by atoms with Crippen molar-refractivity contribution in [1.29, 1.82) is 0 Å². The van der Waals surface area contributed by atoms with Gasteiger partial charge in [0.15, 0.2) is 15.5 Å². The highest BCUT2D eigenvalue weighted by molar-refractivity contribution is 7.90. The lowest BCUT2D eigenvalue weighted by atomic mass is 9.49. The van der Waals surface area contributed by atoms with Gasteiger partial charge in [-0.25, -0.2) is 27.5 Å². The average Bonchev–Trinajstić information content (AvgIpc) is 3.58. The number of carbonyl (C=O) groups is 1. The molecule has 1 aromatic carbocycles. The SMILES string of the molecule is CC(C)OC(=O)C12CC3CC(CC(C3)C1)C2.CS(=O)(=O)c1ccc(-n2ncc3c(Nc4cc[nH]c4)ncnc32)c(F)c1. The van der Waals surface area contributed by atoms with Crippen LogP contribution >= 0.6 is 0 Å². The Balaban J connectivity index is 0.000000168. The van der Waals surface area contributed by atoms with Crippen molar-refractivity contribution < 1.29 is 22.3 Å². The largest absolute Gasteiger partial charge is 0.463 e. The number of halogens is 1. The summed E-state index contributed by atoms with van der Waals surface area (Å²) in [7, 11) is -3.50. The lowest BCUT2D eigenvalue weighted by Gasteiger charge is -2.55. The van der Waals surface area contributed by atoms with Crippen molar-refractivity contribution in [3.05, 3.63) is 55.0 Å². The molecule has 42 heavy (non-hydrogen) atoms. The van der Waals surface area contributed by atoms with Crippen LogP contribution in [0.4, 0.5) is 15.9 Å². The standard InChI is InChI=1S/C16H13FN6O2S.C14H22O2/c1-26(24,25)11-2-3-14(13(17)6-11)23-16-12(8-21-23)15(19-9-20-16)22-10-4-5-18-7-10;1-9(2)16-13(15)14-6-10-3-11(7-14)5-12(4-10)8-14/h2-9,18H,1H3,(H,19,20,22);9-12H,3-8H2,1-2H3. The van der Waals surface area contributed by atoms with E-state index in [9.17, 15) is 17.6 Å². The summed E-state index contributed by atoms with van der Waals surface area (Å²) in [6.45, 7) is 3.91. The summed E-state index contributed by atoms with van der Waals surface area (Å²) < 4.78 is 44.4. The summed E-state index contributed by atoms with van der Waals surface area (Å²) in [5.41, 5.74) is 1.23. The number of aromatic nitrogens is 5. The van der Waals surface area contributed by atoms with Crippen LogP contribution in [-0.4, -0.2) is 51.5 Å². The van der Waals surface area contributed by atoms with E-state index in [4.69, 9.17) is 4.74 Å². The maximum atomic E-state index is 14.5. The number of benzene rings is 1. The second kappa shape index (κ2) is 10.8. The zero-order chi connectivity index (χ0) is 29.6. The molecule has 2 N–H and O–H groups in total. The number of nitrogens with zero attached hydrogens (tertiary/aromatic N) is 4. The summed E-state index contributed by atoms with van der Waals surface area (Å²) >= 11 is 0. The zero-order valence-electron chi connectivity index (χ0n) is 23.9. The number of carbonyl (C=O) groups excluding carboxylic acids is 1. The number of nitrogens with one attached hydrogen (secondary N) is 2. The highest BCUT2D eigenvalue weighted by Gasteiger charge is 2.55. The molecule has 0 aliphatic heterocycles. The summed E-state index contributed by atoms with van der Waals surface area (Å²) in [6.07, 6.45) is 15.0. The van der Waals surface area contributed by atoms with Crippen molar-refractivity contribution in [2.45, 2.75) is 63.4 Å². The molecule has 8 rings (SSSR count). The number of H-pyrrole nitrogens is 1. The maximum absolute atomic E-state index is 14.5. The third-order valence-electron chi connectivity index (χ3n) is 8.62. The van der Waals surface area contributed by atoms with Crippen LogP contribution < -0.4 is 5.32 Å². The minimum absolute atomic E-state index is 0.0421. The smallest absolute Gasteiger partial charge is 0.312 e. The fourth-order valence-electron chi connectivity index (χ4n) is 7.25. The molecule has 4 aliphatic carbocycles. The highest BCUT2D eigenvalue weighted by atomic mass is 32.2. The normalized spacial score (nSPS) is 24.5. The Bertz CT molecular complexity index is 1680. The number of hydrogen-bond donors (Lipinski definition) is 2. The van der Waals surface area contributed by atoms with Gasteiger partial charge in [-0.05, 0) is 94.4 Å². The molecule has 4 fully saturated rings. The maximum Gasteiger partial charge on any atom is 0.312 e. The van der Waals surface area contributed by atoms with E-state index in [1.807, 2.05) is 19.9 Å². The number of ether oxygens (including phenoxy) is 1. The molecule has 0 spiro atoms. The Morgan fingerprint density at radius 3 is 2.38 bits per heavy atom. The molecule has 12 heteroatoms. The molecule has 4 aromatic rings.